The largest absolute Gasteiger partial charge is 0.352 e. The first-order chi connectivity index (χ1) is 9.54. The highest BCUT2D eigenvalue weighted by Crippen LogP contribution is 2.36. The minimum Gasteiger partial charge on any atom is -0.352 e. The molecule has 0 heterocycles. The van der Waals surface area contributed by atoms with Crippen molar-refractivity contribution in [3.05, 3.63) is 0 Å². The molecule has 0 bridgehead atoms. The van der Waals surface area contributed by atoms with E-state index in [0.29, 0.717) is 24.7 Å². The Morgan fingerprint density at radius 1 is 1.25 bits per heavy atom. The third kappa shape index (κ3) is 3.53. The molecule has 0 aromatic rings. The van der Waals surface area contributed by atoms with Gasteiger partial charge in [-0.15, -0.1) is 0 Å². The lowest BCUT2D eigenvalue weighted by Gasteiger charge is -2.28. The topological polar surface area (TPSA) is 52.9 Å². The number of nitrogens with zero attached hydrogens (tertiary/aromatic N) is 1. The Labute approximate surface area is 124 Å². The lowest BCUT2D eigenvalue weighted by atomic mass is 9.79. The standard InChI is InChI=1S/C17H30N2O/c1-5-10-17(12-18,11-6-2)16(20)19-15-9-8-14(7-3)13(15)4/h13-15H,5-11H2,1-4H3,(H,19,20). The molecule has 20 heavy (non-hydrogen) atoms. The monoisotopic (exact) mass is 278 g/mol. The second-order valence-corrected chi connectivity index (χ2v) is 6.38. The molecule has 0 saturated heterocycles. The zero-order valence-corrected chi connectivity index (χ0v) is 13.5. The highest BCUT2D eigenvalue weighted by atomic mass is 16.2. The highest BCUT2D eigenvalue weighted by molar-refractivity contribution is 5.85. The smallest absolute Gasteiger partial charge is 0.240 e. The average Bonchev–Trinajstić information content (AvgIpc) is 2.79. The van der Waals surface area contributed by atoms with Crippen molar-refractivity contribution in [3.8, 4) is 6.07 Å². The summed E-state index contributed by atoms with van der Waals surface area (Å²) in [5.41, 5.74) is -0.812. The number of nitriles is 1. The van der Waals surface area contributed by atoms with Crippen LogP contribution in [0.5, 0.6) is 0 Å². The minimum absolute atomic E-state index is 0.0303. The van der Waals surface area contributed by atoms with Gasteiger partial charge in [-0.05, 0) is 37.5 Å². The zero-order valence-electron chi connectivity index (χ0n) is 13.5. The molecular weight excluding hydrogens is 248 g/mol. The van der Waals surface area contributed by atoms with Crippen molar-refractivity contribution in [2.24, 2.45) is 17.3 Å². The van der Waals surface area contributed by atoms with Gasteiger partial charge in [0.1, 0.15) is 5.41 Å². The van der Waals surface area contributed by atoms with Gasteiger partial charge in [-0.1, -0.05) is 47.0 Å². The molecule has 3 atom stereocenters. The third-order valence-corrected chi connectivity index (χ3v) is 5.07. The third-order valence-electron chi connectivity index (χ3n) is 5.07. The predicted molar refractivity (Wildman–Crippen MR) is 82.0 cm³/mol. The van der Waals surface area contributed by atoms with Gasteiger partial charge in [0.2, 0.25) is 5.91 Å². The van der Waals surface area contributed by atoms with Crippen molar-refractivity contribution < 1.29 is 4.79 Å². The van der Waals surface area contributed by atoms with E-state index in [0.717, 1.165) is 19.3 Å². The number of hydrogen-bond donors (Lipinski definition) is 1. The normalized spacial score (nSPS) is 26.2. The van der Waals surface area contributed by atoms with Crippen LogP contribution in [0.2, 0.25) is 0 Å². The van der Waals surface area contributed by atoms with E-state index in [-0.39, 0.29) is 11.9 Å². The molecule has 114 valence electrons. The quantitative estimate of drug-likeness (QED) is 0.764. The van der Waals surface area contributed by atoms with Gasteiger partial charge >= 0.3 is 0 Å². The molecular formula is C17H30N2O. The summed E-state index contributed by atoms with van der Waals surface area (Å²) >= 11 is 0. The van der Waals surface area contributed by atoms with Crippen LogP contribution in [0, 0.1) is 28.6 Å². The van der Waals surface area contributed by atoms with Crippen LogP contribution >= 0.6 is 0 Å². The number of carbonyl (C=O) groups excluding carboxylic acids is 1. The minimum atomic E-state index is -0.812. The Kier molecular flexibility index (Phi) is 6.52. The molecule has 1 aliphatic rings. The van der Waals surface area contributed by atoms with E-state index >= 15 is 0 Å². The maximum atomic E-state index is 12.6. The molecule has 1 rings (SSSR count). The molecule has 3 nitrogen and oxygen atoms in total. The van der Waals surface area contributed by atoms with Crippen LogP contribution in [0.3, 0.4) is 0 Å². The summed E-state index contributed by atoms with van der Waals surface area (Å²) in [5, 5.41) is 12.7. The van der Waals surface area contributed by atoms with Crippen LogP contribution < -0.4 is 5.32 Å². The molecule has 0 aromatic heterocycles. The molecule has 1 N–H and O–H groups in total. The first kappa shape index (κ1) is 17.0. The van der Waals surface area contributed by atoms with E-state index in [9.17, 15) is 10.1 Å². The fraction of sp³-hybridized carbons (Fsp3) is 0.882. The van der Waals surface area contributed by atoms with Crippen molar-refractivity contribution in [2.75, 3.05) is 0 Å². The van der Waals surface area contributed by atoms with Crippen LogP contribution in [0.1, 0.15) is 72.6 Å². The number of carbonyl (C=O) groups is 1. The van der Waals surface area contributed by atoms with Gasteiger partial charge in [0.15, 0.2) is 0 Å². The molecule has 0 aromatic carbocycles. The first-order valence-electron chi connectivity index (χ1n) is 8.26. The van der Waals surface area contributed by atoms with Crippen LogP contribution in [-0.2, 0) is 4.79 Å². The average molecular weight is 278 g/mol. The molecule has 3 unspecified atom stereocenters. The predicted octanol–water partition coefficient (Wildman–Crippen LogP) is 4.04. The van der Waals surface area contributed by atoms with Crippen molar-refractivity contribution in [1.82, 2.24) is 5.32 Å². The second kappa shape index (κ2) is 7.67. The summed E-state index contributed by atoms with van der Waals surface area (Å²) in [4.78, 5) is 12.6. The van der Waals surface area contributed by atoms with Crippen LogP contribution in [0.25, 0.3) is 0 Å². The van der Waals surface area contributed by atoms with E-state index < -0.39 is 5.41 Å². The van der Waals surface area contributed by atoms with Crippen molar-refractivity contribution in [3.63, 3.8) is 0 Å². The summed E-state index contributed by atoms with van der Waals surface area (Å²) in [6.45, 7) is 8.54. The Morgan fingerprint density at radius 3 is 2.25 bits per heavy atom. The van der Waals surface area contributed by atoms with E-state index in [1.165, 1.54) is 12.8 Å². The van der Waals surface area contributed by atoms with E-state index in [4.69, 9.17) is 0 Å². The van der Waals surface area contributed by atoms with E-state index in [1.54, 1.807) is 0 Å². The van der Waals surface area contributed by atoms with E-state index in [2.05, 4.69) is 25.2 Å². The van der Waals surface area contributed by atoms with Gasteiger partial charge in [0, 0.05) is 6.04 Å². The maximum Gasteiger partial charge on any atom is 0.240 e. The lowest BCUT2D eigenvalue weighted by molar-refractivity contribution is -0.130. The molecule has 1 saturated carbocycles. The van der Waals surface area contributed by atoms with Gasteiger partial charge < -0.3 is 5.32 Å². The summed E-state index contributed by atoms with van der Waals surface area (Å²) in [6, 6.07) is 2.58. The van der Waals surface area contributed by atoms with E-state index in [1.807, 2.05) is 13.8 Å². The molecule has 1 aliphatic carbocycles. The Morgan fingerprint density at radius 2 is 1.85 bits per heavy atom. The molecule has 0 radical (unpaired) electrons. The molecule has 0 spiro atoms. The van der Waals surface area contributed by atoms with Gasteiger partial charge in [0.25, 0.3) is 0 Å². The van der Waals surface area contributed by atoms with Crippen molar-refractivity contribution in [2.45, 2.75) is 78.7 Å². The molecule has 1 amide bonds. The second-order valence-electron chi connectivity index (χ2n) is 6.38. The van der Waals surface area contributed by atoms with Gasteiger partial charge in [0.05, 0.1) is 6.07 Å². The Balaban J connectivity index is 2.74. The summed E-state index contributed by atoms with van der Waals surface area (Å²) < 4.78 is 0. The summed E-state index contributed by atoms with van der Waals surface area (Å²) in [7, 11) is 0. The molecule has 1 fully saturated rings. The van der Waals surface area contributed by atoms with Gasteiger partial charge in [-0.25, -0.2) is 0 Å². The Bertz CT molecular complexity index is 352. The van der Waals surface area contributed by atoms with Crippen LogP contribution in [0.15, 0.2) is 0 Å². The van der Waals surface area contributed by atoms with Gasteiger partial charge in [-0.2, -0.15) is 5.26 Å². The number of rotatable bonds is 7. The van der Waals surface area contributed by atoms with Gasteiger partial charge in [-0.3, -0.25) is 4.79 Å². The molecule has 0 aliphatic heterocycles. The number of hydrogen-bond acceptors (Lipinski definition) is 2. The SMILES string of the molecule is CCCC(C#N)(CCC)C(=O)NC1CCC(CC)C1C. The Hall–Kier alpha value is -1.04. The van der Waals surface area contributed by atoms with Crippen LogP contribution in [-0.4, -0.2) is 11.9 Å². The summed E-state index contributed by atoms with van der Waals surface area (Å²) in [6.07, 6.45) is 6.52. The lowest BCUT2D eigenvalue weighted by Crippen LogP contribution is -2.46. The van der Waals surface area contributed by atoms with Crippen molar-refractivity contribution >= 4 is 5.91 Å². The fourth-order valence-corrected chi connectivity index (χ4v) is 3.70. The maximum absolute atomic E-state index is 12.6. The van der Waals surface area contributed by atoms with Crippen molar-refractivity contribution in [1.29, 1.82) is 5.26 Å². The summed E-state index contributed by atoms with van der Waals surface area (Å²) in [5.74, 6) is 1.22. The first-order valence-corrected chi connectivity index (χ1v) is 8.26. The number of nitrogens with one attached hydrogen (secondary N) is 1. The molecule has 3 heteroatoms. The van der Waals surface area contributed by atoms with Crippen LogP contribution in [0.4, 0.5) is 0 Å². The highest BCUT2D eigenvalue weighted by Gasteiger charge is 2.40. The fourth-order valence-electron chi connectivity index (χ4n) is 3.70. The number of amides is 1. The zero-order chi connectivity index (χ0) is 15.2.